The van der Waals surface area contributed by atoms with Crippen molar-refractivity contribution in [1.82, 2.24) is 10.3 Å². The van der Waals surface area contributed by atoms with Gasteiger partial charge in [-0.25, -0.2) is 0 Å². The number of amides is 1. The van der Waals surface area contributed by atoms with Crippen LogP contribution in [0.4, 0.5) is 0 Å². The molecular weight excluding hydrogens is 396 g/mol. The SMILES string of the molecule is CC(=O)c1c(C)[nH]c(C(=O)NCc2ccc(-c3ccc(Br)cc3)o2)c1C. The highest BCUT2D eigenvalue weighted by molar-refractivity contribution is 9.10. The van der Waals surface area contributed by atoms with E-state index in [1.54, 1.807) is 13.8 Å². The van der Waals surface area contributed by atoms with Crippen LogP contribution in [0.5, 0.6) is 0 Å². The number of rotatable bonds is 5. The van der Waals surface area contributed by atoms with E-state index in [0.717, 1.165) is 15.8 Å². The maximum Gasteiger partial charge on any atom is 0.268 e. The van der Waals surface area contributed by atoms with Gasteiger partial charge in [-0.15, -0.1) is 0 Å². The number of aryl methyl sites for hydroxylation is 1. The Kier molecular flexibility index (Phi) is 5.13. The number of carbonyl (C=O) groups is 2. The van der Waals surface area contributed by atoms with Crippen molar-refractivity contribution in [3.8, 4) is 11.3 Å². The van der Waals surface area contributed by atoms with Crippen molar-refractivity contribution in [1.29, 1.82) is 0 Å². The predicted octanol–water partition coefficient (Wildman–Crippen LogP) is 4.79. The normalized spacial score (nSPS) is 10.8. The van der Waals surface area contributed by atoms with E-state index in [4.69, 9.17) is 4.42 Å². The molecular formula is C20H19BrN2O3. The van der Waals surface area contributed by atoms with E-state index in [-0.39, 0.29) is 18.2 Å². The molecule has 0 unspecified atom stereocenters. The van der Waals surface area contributed by atoms with Gasteiger partial charge in [0.05, 0.1) is 6.54 Å². The molecule has 3 aromatic rings. The third-order valence-corrected chi connectivity index (χ3v) is 4.76. The molecule has 2 N–H and O–H groups in total. The second kappa shape index (κ2) is 7.33. The molecule has 1 amide bonds. The summed E-state index contributed by atoms with van der Waals surface area (Å²) in [6.07, 6.45) is 0. The number of aromatic nitrogens is 1. The molecule has 1 aromatic carbocycles. The average molecular weight is 415 g/mol. The van der Waals surface area contributed by atoms with Gasteiger partial charge in [0.15, 0.2) is 5.78 Å². The summed E-state index contributed by atoms with van der Waals surface area (Å²) in [4.78, 5) is 27.1. The molecule has 3 rings (SSSR count). The fraction of sp³-hybridized carbons (Fsp3) is 0.200. The van der Waals surface area contributed by atoms with E-state index in [0.29, 0.717) is 28.3 Å². The lowest BCUT2D eigenvalue weighted by atomic mass is 10.1. The number of nitrogens with one attached hydrogen (secondary N) is 2. The molecule has 0 saturated heterocycles. The summed E-state index contributed by atoms with van der Waals surface area (Å²) in [7, 11) is 0. The second-order valence-electron chi connectivity index (χ2n) is 6.14. The first-order chi connectivity index (χ1) is 12.4. The molecule has 2 heterocycles. The Morgan fingerprint density at radius 1 is 1.12 bits per heavy atom. The van der Waals surface area contributed by atoms with Gasteiger partial charge in [-0.1, -0.05) is 28.1 Å². The van der Waals surface area contributed by atoms with Gasteiger partial charge >= 0.3 is 0 Å². The van der Waals surface area contributed by atoms with Crippen LogP contribution in [0.2, 0.25) is 0 Å². The van der Waals surface area contributed by atoms with E-state index in [9.17, 15) is 9.59 Å². The van der Waals surface area contributed by atoms with E-state index in [1.807, 2.05) is 36.4 Å². The molecule has 134 valence electrons. The van der Waals surface area contributed by atoms with E-state index in [1.165, 1.54) is 6.92 Å². The molecule has 0 radical (unpaired) electrons. The lowest BCUT2D eigenvalue weighted by Crippen LogP contribution is -2.23. The summed E-state index contributed by atoms with van der Waals surface area (Å²) in [5.74, 6) is 1.08. The highest BCUT2D eigenvalue weighted by Gasteiger charge is 2.19. The predicted molar refractivity (Wildman–Crippen MR) is 103 cm³/mol. The Balaban J connectivity index is 1.70. The summed E-state index contributed by atoms with van der Waals surface area (Å²) < 4.78 is 6.80. The summed E-state index contributed by atoms with van der Waals surface area (Å²) in [6, 6.07) is 11.5. The summed E-state index contributed by atoms with van der Waals surface area (Å²) in [6.45, 7) is 5.32. The molecule has 0 fully saturated rings. The van der Waals surface area contributed by atoms with E-state index in [2.05, 4.69) is 26.2 Å². The van der Waals surface area contributed by atoms with Crippen molar-refractivity contribution in [3.05, 3.63) is 69.1 Å². The second-order valence-corrected chi connectivity index (χ2v) is 7.05. The fourth-order valence-corrected chi connectivity index (χ4v) is 3.27. The highest BCUT2D eigenvalue weighted by Crippen LogP contribution is 2.24. The molecule has 26 heavy (non-hydrogen) atoms. The van der Waals surface area contributed by atoms with Crippen molar-refractivity contribution in [2.24, 2.45) is 0 Å². The van der Waals surface area contributed by atoms with Crippen LogP contribution in [-0.4, -0.2) is 16.7 Å². The van der Waals surface area contributed by atoms with E-state index < -0.39 is 0 Å². The third-order valence-electron chi connectivity index (χ3n) is 4.23. The minimum absolute atomic E-state index is 0.0551. The number of aromatic amines is 1. The number of furan rings is 1. The van der Waals surface area contributed by atoms with Gasteiger partial charge in [-0.05, 0) is 50.6 Å². The Morgan fingerprint density at radius 2 is 1.81 bits per heavy atom. The molecule has 0 atom stereocenters. The van der Waals surface area contributed by atoms with Crippen LogP contribution in [0.1, 0.15) is 44.8 Å². The number of hydrogen-bond donors (Lipinski definition) is 2. The third kappa shape index (κ3) is 3.65. The maximum atomic E-state index is 12.4. The zero-order valence-electron chi connectivity index (χ0n) is 14.8. The standard InChI is InChI=1S/C20H19BrN2O3/c1-11-18(13(3)24)12(2)23-19(11)20(25)22-10-16-8-9-17(26-16)14-4-6-15(21)7-5-14/h4-9,23H,10H2,1-3H3,(H,22,25). The summed E-state index contributed by atoms with van der Waals surface area (Å²) in [5.41, 5.74) is 3.32. The monoisotopic (exact) mass is 414 g/mol. The van der Waals surface area contributed by atoms with Crippen molar-refractivity contribution in [2.45, 2.75) is 27.3 Å². The summed E-state index contributed by atoms with van der Waals surface area (Å²) >= 11 is 3.41. The maximum absolute atomic E-state index is 12.4. The van der Waals surface area contributed by atoms with Gasteiger partial charge < -0.3 is 14.7 Å². The molecule has 0 bridgehead atoms. The number of hydrogen-bond acceptors (Lipinski definition) is 3. The van der Waals surface area contributed by atoms with Gasteiger partial charge in [0.25, 0.3) is 5.91 Å². The molecule has 5 nitrogen and oxygen atoms in total. The molecule has 0 spiro atoms. The van der Waals surface area contributed by atoms with Crippen molar-refractivity contribution >= 4 is 27.6 Å². The number of carbonyl (C=O) groups excluding carboxylic acids is 2. The molecule has 0 aliphatic heterocycles. The van der Waals surface area contributed by atoms with Gasteiger partial charge in [0, 0.05) is 21.3 Å². The smallest absolute Gasteiger partial charge is 0.268 e. The molecule has 2 aromatic heterocycles. The van der Waals surface area contributed by atoms with Gasteiger partial charge in [-0.2, -0.15) is 0 Å². The highest BCUT2D eigenvalue weighted by atomic mass is 79.9. The number of ketones is 1. The van der Waals surface area contributed by atoms with Crippen LogP contribution in [0.25, 0.3) is 11.3 Å². The first kappa shape index (κ1) is 18.2. The zero-order valence-corrected chi connectivity index (χ0v) is 16.4. The average Bonchev–Trinajstić information content (AvgIpc) is 3.18. The molecule has 0 saturated carbocycles. The number of H-pyrrole nitrogens is 1. The number of Topliss-reactive ketones (excluding diaryl/α,β-unsaturated/α-hetero) is 1. The topological polar surface area (TPSA) is 75.1 Å². The minimum atomic E-state index is -0.264. The van der Waals surface area contributed by atoms with Crippen LogP contribution in [0.3, 0.4) is 0 Å². The summed E-state index contributed by atoms with van der Waals surface area (Å²) in [5, 5.41) is 2.83. The van der Waals surface area contributed by atoms with Crippen LogP contribution in [-0.2, 0) is 6.54 Å². The first-order valence-electron chi connectivity index (χ1n) is 8.19. The van der Waals surface area contributed by atoms with Gasteiger partial charge in [-0.3, -0.25) is 9.59 Å². The zero-order chi connectivity index (χ0) is 18.8. The van der Waals surface area contributed by atoms with Crippen molar-refractivity contribution in [3.63, 3.8) is 0 Å². The first-order valence-corrected chi connectivity index (χ1v) is 8.99. The lowest BCUT2D eigenvalue weighted by molar-refractivity contribution is 0.0943. The molecule has 0 aliphatic rings. The van der Waals surface area contributed by atoms with Crippen molar-refractivity contribution in [2.75, 3.05) is 0 Å². The fourth-order valence-electron chi connectivity index (χ4n) is 3.00. The molecule has 6 heteroatoms. The van der Waals surface area contributed by atoms with Crippen LogP contribution in [0, 0.1) is 13.8 Å². The van der Waals surface area contributed by atoms with Crippen LogP contribution >= 0.6 is 15.9 Å². The minimum Gasteiger partial charge on any atom is -0.459 e. The lowest BCUT2D eigenvalue weighted by Gasteiger charge is -2.03. The van der Waals surface area contributed by atoms with Gasteiger partial charge in [0.2, 0.25) is 0 Å². The Bertz CT molecular complexity index is 968. The molecule has 0 aliphatic carbocycles. The van der Waals surface area contributed by atoms with Crippen molar-refractivity contribution < 1.29 is 14.0 Å². The van der Waals surface area contributed by atoms with E-state index >= 15 is 0 Å². The van der Waals surface area contributed by atoms with Crippen LogP contribution < -0.4 is 5.32 Å². The van der Waals surface area contributed by atoms with Gasteiger partial charge in [0.1, 0.15) is 17.2 Å². The Hall–Kier alpha value is -2.60. The quantitative estimate of drug-likeness (QED) is 0.589. The Morgan fingerprint density at radius 3 is 2.42 bits per heavy atom. The number of benzene rings is 1. The largest absolute Gasteiger partial charge is 0.459 e. The number of halogens is 1. The Labute approximate surface area is 159 Å². The van der Waals surface area contributed by atoms with Crippen LogP contribution in [0.15, 0.2) is 45.3 Å².